The van der Waals surface area contributed by atoms with Crippen molar-refractivity contribution in [3.05, 3.63) is 29.8 Å². The minimum Gasteiger partial charge on any atom is -0.342 e. The normalized spacial score (nSPS) is 23.0. The van der Waals surface area contributed by atoms with Crippen molar-refractivity contribution in [1.29, 1.82) is 0 Å². The monoisotopic (exact) mass is 379 g/mol. The van der Waals surface area contributed by atoms with Gasteiger partial charge in [-0.2, -0.15) is 0 Å². The van der Waals surface area contributed by atoms with E-state index in [1.54, 1.807) is 9.80 Å². The van der Waals surface area contributed by atoms with Gasteiger partial charge < -0.3 is 15.1 Å². The highest BCUT2D eigenvalue weighted by molar-refractivity contribution is 5.93. The molecular weight excluding hydrogens is 356 g/mol. The lowest BCUT2D eigenvalue weighted by Gasteiger charge is -2.36. The fourth-order valence-corrected chi connectivity index (χ4v) is 3.73. The van der Waals surface area contributed by atoms with Gasteiger partial charge in [-0.15, -0.1) is 0 Å². The molecule has 1 aliphatic heterocycles. The van der Waals surface area contributed by atoms with E-state index < -0.39 is 11.6 Å². The molecule has 2 aliphatic rings. The Labute approximate surface area is 156 Å². The number of carbonyl (C=O) groups excluding carboxylic acids is 3. The molecule has 0 unspecified atom stereocenters. The van der Waals surface area contributed by atoms with Crippen LogP contribution >= 0.6 is 0 Å². The number of anilines is 1. The summed E-state index contributed by atoms with van der Waals surface area (Å²) in [4.78, 5) is 39.2. The Hall–Kier alpha value is -2.51. The summed E-state index contributed by atoms with van der Waals surface area (Å²) in [7, 11) is 0. The fraction of sp³-hybridized carbons (Fsp3) is 0.526. The summed E-state index contributed by atoms with van der Waals surface area (Å²) in [6.07, 6.45) is 3.13. The number of piperazine rings is 1. The van der Waals surface area contributed by atoms with Crippen LogP contribution in [0.1, 0.15) is 25.7 Å². The second-order valence-corrected chi connectivity index (χ2v) is 7.13. The first-order chi connectivity index (χ1) is 13.0. The molecule has 0 radical (unpaired) electrons. The zero-order valence-electron chi connectivity index (χ0n) is 15.0. The molecule has 3 rings (SSSR count). The predicted molar refractivity (Wildman–Crippen MR) is 94.7 cm³/mol. The first-order valence-corrected chi connectivity index (χ1v) is 9.22. The number of rotatable bonds is 4. The lowest BCUT2D eigenvalue weighted by atomic mass is 9.80. The Morgan fingerprint density at radius 1 is 1.00 bits per heavy atom. The van der Waals surface area contributed by atoms with Gasteiger partial charge in [0.1, 0.15) is 11.6 Å². The molecule has 1 aromatic carbocycles. The third-order valence-corrected chi connectivity index (χ3v) is 5.41. The smallest absolute Gasteiger partial charge is 0.227 e. The van der Waals surface area contributed by atoms with E-state index in [0.717, 1.165) is 18.5 Å². The Kier molecular flexibility index (Phi) is 6.03. The van der Waals surface area contributed by atoms with Crippen molar-refractivity contribution < 1.29 is 23.2 Å². The molecule has 0 spiro atoms. The molecule has 1 saturated carbocycles. The van der Waals surface area contributed by atoms with Crippen molar-refractivity contribution >= 4 is 23.9 Å². The van der Waals surface area contributed by atoms with Crippen molar-refractivity contribution in [2.45, 2.75) is 25.7 Å². The van der Waals surface area contributed by atoms with Crippen LogP contribution < -0.4 is 5.32 Å². The average Bonchev–Trinajstić information content (AvgIpc) is 2.69. The molecule has 8 heteroatoms. The molecule has 0 aromatic heterocycles. The second kappa shape index (κ2) is 8.45. The third-order valence-electron chi connectivity index (χ3n) is 5.41. The van der Waals surface area contributed by atoms with Gasteiger partial charge in [-0.05, 0) is 37.8 Å². The van der Waals surface area contributed by atoms with Gasteiger partial charge in [0.05, 0.1) is 5.69 Å². The Morgan fingerprint density at radius 3 is 2.22 bits per heavy atom. The van der Waals surface area contributed by atoms with E-state index in [4.69, 9.17) is 0 Å². The SMILES string of the molecule is O=CN1CCN(C(=O)C2CCC(C(=O)Nc3ccc(F)cc3F)CC2)CC1. The number of nitrogens with zero attached hydrogens (tertiary/aromatic N) is 2. The van der Waals surface area contributed by atoms with Crippen LogP contribution in [-0.2, 0) is 14.4 Å². The number of amides is 3. The van der Waals surface area contributed by atoms with Gasteiger partial charge in [-0.1, -0.05) is 0 Å². The van der Waals surface area contributed by atoms with Crippen LogP contribution in [0.5, 0.6) is 0 Å². The molecule has 1 heterocycles. The highest BCUT2D eigenvalue weighted by atomic mass is 19.1. The summed E-state index contributed by atoms with van der Waals surface area (Å²) in [5, 5.41) is 2.51. The van der Waals surface area contributed by atoms with Gasteiger partial charge in [-0.25, -0.2) is 8.78 Å². The summed E-state index contributed by atoms with van der Waals surface area (Å²) >= 11 is 0. The molecule has 1 N–H and O–H groups in total. The van der Waals surface area contributed by atoms with E-state index in [2.05, 4.69) is 5.32 Å². The lowest BCUT2D eigenvalue weighted by Crippen LogP contribution is -2.50. The van der Waals surface area contributed by atoms with E-state index in [9.17, 15) is 23.2 Å². The topological polar surface area (TPSA) is 69.7 Å². The predicted octanol–water partition coefficient (Wildman–Crippen LogP) is 2.01. The van der Waals surface area contributed by atoms with Gasteiger partial charge in [0, 0.05) is 44.1 Å². The number of hydrogen-bond donors (Lipinski definition) is 1. The molecule has 1 saturated heterocycles. The quantitative estimate of drug-likeness (QED) is 0.814. The van der Waals surface area contributed by atoms with Crippen LogP contribution in [0, 0.1) is 23.5 Å². The highest BCUT2D eigenvalue weighted by Crippen LogP contribution is 2.31. The fourth-order valence-electron chi connectivity index (χ4n) is 3.73. The molecular formula is C19H23F2N3O3. The van der Waals surface area contributed by atoms with Crippen LogP contribution in [0.15, 0.2) is 18.2 Å². The molecule has 1 aromatic rings. The standard InChI is InChI=1S/C19H23F2N3O3/c20-15-5-6-17(16(21)11-15)22-18(26)13-1-3-14(4-2-13)19(27)24-9-7-23(12-25)8-10-24/h5-6,11-14H,1-4,7-10H2,(H,22,26). The molecule has 0 bridgehead atoms. The van der Waals surface area contributed by atoms with E-state index in [0.29, 0.717) is 51.9 Å². The molecule has 0 atom stereocenters. The Morgan fingerprint density at radius 2 is 1.63 bits per heavy atom. The van der Waals surface area contributed by atoms with Crippen LogP contribution in [0.25, 0.3) is 0 Å². The Balaban J connectivity index is 1.49. The second-order valence-electron chi connectivity index (χ2n) is 7.13. The number of nitrogens with one attached hydrogen (secondary N) is 1. The maximum absolute atomic E-state index is 13.7. The van der Waals surface area contributed by atoms with Crippen LogP contribution in [0.3, 0.4) is 0 Å². The van der Waals surface area contributed by atoms with Gasteiger partial charge >= 0.3 is 0 Å². The first kappa shape index (κ1) is 19.3. The maximum atomic E-state index is 13.7. The van der Waals surface area contributed by atoms with E-state index in [1.165, 1.54) is 6.07 Å². The minimum absolute atomic E-state index is 0.0346. The lowest BCUT2D eigenvalue weighted by molar-refractivity contribution is -0.140. The maximum Gasteiger partial charge on any atom is 0.227 e. The van der Waals surface area contributed by atoms with Gasteiger partial charge in [0.2, 0.25) is 18.2 Å². The zero-order chi connectivity index (χ0) is 19.4. The summed E-state index contributed by atoms with van der Waals surface area (Å²) in [5.41, 5.74) is -0.0346. The van der Waals surface area contributed by atoms with Crippen LogP contribution in [0.4, 0.5) is 14.5 Å². The summed E-state index contributed by atoms with van der Waals surface area (Å²) < 4.78 is 26.6. The summed E-state index contributed by atoms with van der Waals surface area (Å²) in [6.45, 7) is 2.19. The number of carbonyl (C=O) groups is 3. The number of benzene rings is 1. The number of hydrogen-bond acceptors (Lipinski definition) is 3. The Bertz CT molecular complexity index is 712. The average molecular weight is 379 g/mol. The largest absolute Gasteiger partial charge is 0.342 e. The van der Waals surface area contributed by atoms with Crippen molar-refractivity contribution in [2.75, 3.05) is 31.5 Å². The molecule has 2 fully saturated rings. The van der Waals surface area contributed by atoms with E-state index in [1.807, 2.05) is 0 Å². The third kappa shape index (κ3) is 4.61. The van der Waals surface area contributed by atoms with Gasteiger partial charge in [-0.3, -0.25) is 14.4 Å². The number of halogens is 2. The van der Waals surface area contributed by atoms with E-state index >= 15 is 0 Å². The van der Waals surface area contributed by atoms with Crippen molar-refractivity contribution in [3.8, 4) is 0 Å². The van der Waals surface area contributed by atoms with Crippen molar-refractivity contribution in [3.63, 3.8) is 0 Å². The van der Waals surface area contributed by atoms with Crippen LogP contribution in [-0.4, -0.2) is 54.2 Å². The molecule has 146 valence electrons. The molecule has 3 amide bonds. The van der Waals surface area contributed by atoms with Crippen molar-refractivity contribution in [1.82, 2.24) is 9.80 Å². The minimum atomic E-state index is -0.804. The highest BCUT2D eigenvalue weighted by Gasteiger charge is 2.33. The van der Waals surface area contributed by atoms with Gasteiger partial charge in [0.25, 0.3) is 0 Å². The first-order valence-electron chi connectivity index (χ1n) is 9.22. The van der Waals surface area contributed by atoms with E-state index in [-0.39, 0.29) is 29.3 Å². The van der Waals surface area contributed by atoms with Crippen molar-refractivity contribution in [2.24, 2.45) is 11.8 Å². The molecule has 1 aliphatic carbocycles. The molecule has 27 heavy (non-hydrogen) atoms. The van der Waals surface area contributed by atoms with Gasteiger partial charge in [0.15, 0.2) is 0 Å². The molecule has 6 nitrogen and oxygen atoms in total. The summed E-state index contributed by atoms with van der Waals surface area (Å²) in [6, 6.07) is 3.03. The summed E-state index contributed by atoms with van der Waals surface area (Å²) in [5.74, 6) is -2.11. The zero-order valence-corrected chi connectivity index (χ0v) is 15.0. The van der Waals surface area contributed by atoms with Crippen LogP contribution in [0.2, 0.25) is 0 Å².